The monoisotopic (exact) mass is 170 g/mol. The summed E-state index contributed by atoms with van der Waals surface area (Å²) < 4.78 is 0. The van der Waals surface area contributed by atoms with Crippen LogP contribution in [-0.4, -0.2) is 24.1 Å². The molecule has 0 amide bonds. The predicted octanol–water partition coefficient (Wildman–Crippen LogP) is 2.02. The molecule has 0 aliphatic carbocycles. The second-order valence-electron chi connectivity index (χ2n) is 4.29. The van der Waals surface area contributed by atoms with Gasteiger partial charge in [-0.2, -0.15) is 0 Å². The Kier molecular flexibility index (Phi) is 4.02. The van der Waals surface area contributed by atoms with Gasteiger partial charge in [-0.25, -0.2) is 5.01 Å². The number of hydrogen-bond donors (Lipinski definition) is 1. The predicted molar refractivity (Wildman–Crippen MR) is 52.9 cm³/mol. The fourth-order valence-electron chi connectivity index (χ4n) is 1.89. The van der Waals surface area contributed by atoms with Crippen LogP contribution in [0.5, 0.6) is 0 Å². The van der Waals surface area contributed by atoms with E-state index in [0.717, 1.165) is 5.92 Å². The van der Waals surface area contributed by atoms with E-state index in [2.05, 4.69) is 31.2 Å². The molecule has 0 aromatic rings. The van der Waals surface area contributed by atoms with Gasteiger partial charge in [0.05, 0.1) is 0 Å². The van der Waals surface area contributed by atoms with Crippen LogP contribution in [0.1, 0.15) is 40.0 Å². The molecular formula is C10H22N2. The number of nitrogens with one attached hydrogen (secondary N) is 1. The van der Waals surface area contributed by atoms with E-state index < -0.39 is 0 Å². The molecule has 1 fully saturated rings. The van der Waals surface area contributed by atoms with Crippen molar-refractivity contribution in [1.82, 2.24) is 10.4 Å². The zero-order valence-corrected chi connectivity index (χ0v) is 8.64. The molecule has 0 saturated carbocycles. The third-order valence-electron chi connectivity index (χ3n) is 2.49. The van der Waals surface area contributed by atoms with Gasteiger partial charge < -0.3 is 0 Å². The van der Waals surface area contributed by atoms with E-state index in [1.165, 1.54) is 32.4 Å². The highest BCUT2D eigenvalue weighted by atomic mass is 15.5. The normalized spacial score (nSPS) is 23.0. The summed E-state index contributed by atoms with van der Waals surface area (Å²) in [6.45, 7) is 9.30. The number of rotatable bonds is 3. The van der Waals surface area contributed by atoms with Crippen molar-refractivity contribution in [2.24, 2.45) is 5.92 Å². The molecule has 0 bridgehead atoms. The lowest BCUT2D eigenvalue weighted by Crippen LogP contribution is -2.48. The third kappa shape index (κ3) is 3.11. The van der Waals surface area contributed by atoms with Gasteiger partial charge >= 0.3 is 0 Å². The minimum atomic E-state index is 0.699. The van der Waals surface area contributed by atoms with Crippen molar-refractivity contribution >= 4 is 0 Å². The molecule has 12 heavy (non-hydrogen) atoms. The van der Waals surface area contributed by atoms with Gasteiger partial charge in [0.1, 0.15) is 0 Å². The fourth-order valence-corrected chi connectivity index (χ4v) is 1.89. The topological polar surface area (TPSA) is 15.3 Å². The van der Waals surface area contributed by atoms with Gasteiger partial charge in [0.15, 0.2) is 0 Å². The summed E-state index contributed by atoms with van der Waals surface area (Å²) in [5.41, 5.74) is 3.46. The Morgan fingerprint density at radius 2 is 2.00 bits per heavy atom. The summed E-state index contributed by atoms with van der Waals surface area (Å²) in [6.07, 6.45) is 3.99. The average Bonchev–Trinajstić information content (AvgIpc) is 2.05. The molecule has 1 rings (SSSR count). The standard InChI is InChI=1S/C10H22N2/c1-9(2)8-10(3)12-7-5-4-6-11-12/h9-11H,4-8H2,1-3H3. The zero-order valence-electron chi connectivity index (χ0n) is 8.64. The molecule has 1 aliphatic heterocycles. The van der Waals surface area contributed by atoms with Gasteiger partial charge in [-0.1, -0.05) is 13.8 Å². The molecule has 0 aromatic carbocycles. The number of hydrazine groups is 1. The Bertz CT molecular complexity index is 117. The first-order valence-electron chi connectivity index (χ1n) is 5.20. The largest absolute Gasteiger partial charge is 0.255 e. The van der Waals surface area contributed by atoms with Crippen LogP contribution in [0, 0.1) is 5.92 Å². The fraction of sp³-hybridized carbons (Fsp3) is 1.00. The van der Waals surface area contributed by atoms with Gasteiger partial charge in [0, 0.05) is 19.1 Å². The second-order valence-corrected chi connectivity index (χ2v) is 4.29. The van der Waals surface area contributed by atoms with Gasteiger partial charge in [0.2, 0.25) is 0 Å². The summed E-state index contributed by atoms with van der Waals surface area (Å²) in [7, 11) is 0. The van der Waals surface area contributed by atoms with Crippen molar-refractivity contribution in [2.75, 3.05) is 13.1 Å². The van der Waals surface area contributed by atoms with E-state index in [1.54, 1.807) is 0 Å². The van der Waals surface area contributed by atoms with E-state index in [9.17, 15) is 0 Å². The molecule has 0 aromatic heterocycles. The number of hydrogen-bond acceptors (Lipinski definition) is 2. The van der Waals surface area contributed by atoms with Crippen molar-refractivity contribution in [3.05, 3.63) is 0 Å². The Hall–Kier alpha value is -0.0800. The molecule has 1 saturated heterocycles. The summed E-state index contributed by atoms with van der Waals surface area (Å²) in [4.78, 5) is 0. The molecule has 1 aliphatic rings. The van der Waals surface area contributed by atoms with Crippen molar-refractivity contribution < 1.29 is 0 Å². The SMILES string of the molecule is CC(C)CC(C)N1CCCCN1. The molecule has 1 unspecified atom stereocenters. The van der Waals surface area contributed by atoms with Crippen molar-refractivity contribution in [3.8, 4) is 0 Å². The van der Waals surface area contributed by atoms with Crippen molar-refractivity contribution in [3.63, 3.8) is 0 Å². The minimum Gasteiger partial charge on any atom is -0.255 e. The highest BCUT2D eigenvalue weighted by Crippen LogP contribution is 2.12. The quantitative estimate of drug-likeness (QED) is 0.697. The maximum Gasteiger partial charge on any atom is 0.0217 e. The molecule has 0 radical (unpaired) electrons. The Balaban J connectivity index is 2.24. The van der Waals surface area contributed by atoms with Gasteiger partial charge in [-0.3, -0.25) is 5.43 Å². The highest BCUT2D eigenvalue weighted by Gasteiger charge is 2.16. The molecule has 2 heteroatoms. The average molecular weight is 170 g/mol. The molecular weight excluding hydrogens is 148 g/mol. The summed E-state index contributed by atoms with van der Waals surface area (Å²) in [5, 5.41) is 2.41. The van der Waals surface area contributed by atoms with E-state index in [1.807, 2.05) is 0 Å². The van der Waals surface area contributed by atoms with Crippen LogP contribution >= 0.6 is 0 Å². The van der Waals surface area contributed by atoms with Crippen LogP contribution in [0.15, 0.2) is 0 Å². The Morgan fingerprint density at radius 3 is 2.50 bits per heavy atom. The van der Waals surface area contributed by atoms with Crippen LogP contribution in [-0.2, 0) is 0 Å². The van der Waals surface area contributed by atoms with Crippen LogP contribution in [0.2, 0.25) is 0 Å². The molecule has 2 nitrogen and oxygen atoms in total. The van der Waals surface area contributed by atoms with E-state index in [0.29, 0.717) is 6.04 Å². The molecule has 1 heterocycles. The summed E-state index contributed by atoms with van der Waals surface area (Å²) in [5.74, 6) is 0.809. The zero-order chi connectivity index (χ0) is 8.97. The summed E-state index contributed by atoms with van der Waals surface area (Å²) >= 11 is 0. The maximum absolute atomic E-state index is 3.46. The van der Waals surface area contributed by atoms with Gasteiger partial charge in [-0.05, 0) is 32.1 Å². The van der Waals surface area contributed by atoms with Gasteiger partial charge in [-0.15, -0.1) is 0 Å². The molecule has 1 atom stereocenters. The smallest absolute Gasteiger partial charge is 0.0217 e. The third-order valence-corrected chi connectivity index (χ3v) is 2.49. The number of nitrogens with zero attached hydrogens (tertiary/aromatic N) is 1. The van der Waals surface area contributed by atoms with E-state index in [4.69, 9.17) is 0 Å². The lowest BCUT2D eigenvalue weighted by atomic mass is 10.0. The first kappa shape index (κ1) is 10.0. The molecule has 1 N–H and O–H groups in total. The van der Waals surface area contributed by atoms with Crippen LogP contribution < -0.4 is 5.43 Å². The second kappa shape index (κ2) is 4.83. The lowest BCUT2D eigenvalue weighted by Gasteiger charge is -2.33. The van der Waals surface area contributed by atoms with E-state index in [-0.39, 0.29) is 0 Å². The summed E-state index contributed by atoms with van der Waals surface area (Å²) in [6, 6.07) is 0.699. The lowest BCUT2D eigenvalue weighted by molar-refractivity contribution is 0.0924. The molecule has 0 spiro atoms. The maximum atomic E-state index is 3.46. The van der Waals surface area contributed by atoms with Crippen LogP contribution in [0.25, 0.3) is 0 Å². The highest BCUT2D eigenvalue weighted by molar-refractivity contribution is 4.68. The van der Waals surface area contributed by atoms with Crippen molar-refractivity contribution in [1.29, 1.82) is 0 Å². The Labute approximate surface area is 76.3 Å². The first-order valence-corrected chi connectivity index (χ1v) is 5.20. The van der Waals surface area contributed by atoms with Crippen molar-refractivity contribution in [2.45, 2.75) is 46.1 Å². The minimum absolute atomic E-state index is 0.699. The first-order chi connectivity index (χ1) is 5.70. The van der Waals surface area contributed by atoms with E-state index >= 15 is 0 Å². The molecule has 72 valence electrons. The van der Waals surface area contributed by atoms with Crippen LogP contribution in [0.4, 0.5) is 0 Å². The van der Waals surface area contributed by atoms with Gasteiger partial charge in [0.25, 0.3) is 0 Å². The van der Waals surface area contributed by atoms with Crippen LogP contribution in [0.3, 0.4) is 0 Å². The Morgan fingerprint density at radius 1 is 1.25 bits per heavy atom.